The van der Waals surface area contributed by atoms with E-state index in [1.54, 1.807) is 43.8 Å². The number of amides is 2. The van der Waals surface area contributed by atoms with E-state index in [0.29, 0.717) is 23.7 Å². The number of hydrogen-bond donors (Lipinski definition) is 2. The first-order valence-corrected chi connectivity index (χ1v) is 6.95. The molecule has 0 atom stereocenters. The number of anilines is 1. The molecule has 1 aromatic heterocycles. The summed E-state index contributed by atoms with van der Waals surface area (Å²) in [5, 5.41) is 9.50. The monoisotopic (exact) mass is 292 g/mol. The first-order valence-electron chi connectivity index (χ1n) is 6.01. The van der Waals surface area contributed by atoms with E-state index in [9.17, 15) is 4.79 Å². The number of hydrogen-bond acceptors (Lipinski definition) is 4. The van der Waals surface area contributed by atoms with Gasteiger partial charge in [-0.15, -0.1) is 0 Å². The third kappa shape index (κ3) is 3.64. The van der Waals surface area contributed by atoms with Crippen LogP contribution in [-0.4, -0.2) is 20.3 Å². The van der Waals surface area contributed by atoms with Crippen LogP contribution in [0.2, 0.25) is 0 Å². The largest absolute Gasteiger partial charge is 0.493 e. The molecule has 2 aromatic rings. The highest BCUT2D eigenvalue weighted by Gasteiger charge is 2.07. The first kappa shape index (κ1) is 14.2. The summed E-state index contributed by atoms with van der Waals surface area (Å²) in [6.45, 7) is 0.503. The summed E-state index contributed by atoms with van der Waals surface area (Å²) < 4.78 is 10.3. The van der Waals surface area contributed by atoms with Crippen molar-refractivity contribution in [1.82, 2.24) is 5.32 Å². The lowest BCUT2D eigenvalue weighted by Gasteiger charge is -2.11. The Morgan fingerprint density at radius 1 is 1.20 bits per heavy atom. The van der Waals surface area contributed by atoms with E-state index < -0.39 is 0 Å². The molecular formula is C14H16N2O3S. The van der Waals surface area contributed by atoms with E-state index in [0.717, 1.165) is 5.56 Å². The van der Waals surface area contributed by atoms with Gasteiger partial charge in [0.2, 0.25) is 0 Å². The smallest absolute Gasteiger partial charge is 0.319 e. The summed E-state index contributed by atoms with van der Waals surface area (Å²) in [6.07, 6.45) is 0. The molecule has 0 saturated heterocycles. The van der Waals surface area contributed by atoms with Crippen molar-refractivity contribution in [2.75, 3.05) is 19.5 Å². The minimum atomic E-state index is -0.261. The molecule has 2 N–H and O–H groups in total. The Labute approximate surface area is 121 Å². The molecule has 6 heteroatoms. The molecule has 0 aliphatic carbocycles. The molecule has 0 fully saturated rings. The van der Waals surface area contributed by atoms with E-state index in [4.69, 9.17) is 9.47 Å². The number of carbonyl (C=O) groups excluding carboxylic acids is 1. The molecule has 0 unspecified atom stereocenters. The molecular weight excluding hydrogens is 276 g/mol. The fourth-order valence-electron chi connectivity index (χ4n) is 1.66. The second kappa shape index (κ2) is 6.81. The normalized spacial score (nSPS) is 9.90. The quantitative estimate of drug-likeness (QED) is 0.890. The van der Waals surface area contributed by atoms with Crippen molar-refractivity contribution in [3.05, 3.63) is 40.6 Å². The summed E-state index contributed by atoms with van der Waals surface area (Å²) >= 11 is 1.60. The Balaban J connectivity index is 1.93. The zero-order valence-corrected chi connectivity index (χ0v) is 12.1. The molecule has 0 spiro atoms. The molecule has 2 rings (SSSR count). The lowest BCUT2D eigenvalue weighted by atomic mass is 10.3. The van der Waals surface area contributed by atoms with E-state index in [1.165, 1.54) is 0 Å². The molecule has 1 aromatic carbocycles. The Hall–Kier alpha value is -2.21. The summed E-state index contributed by atoms with van der Waals surface area (Å²) in [6, 6.07) is 6.92. The van der Waals surface area contributed by atoms with Gasteiger partial charge in [0.05, 0.1) is 14.2 Å². The van der Waals surface area contributed by atoms with E-state index in [2.05, 4.69) is 10.6 Å². The lowest BCUT2D eigenvalue weighted by molar-refractivity contribution is 0.251. The Morgan fingerprint density at radius 3 is 2.65 bits per heavy atom. The minimum Gasteiger partial charge on any atom is -0.493 e. The molecule has 0 aliphatic heterocycles. The molecule has 2 amide bonds. The molecule has 0 bridgehead atoms. The molecule has 106 valence electrons. The fourth-order valence-corrected chi connectivity index (χ4v) is 2.33. The highest BCUT2D eigenvalue weighted by atomic mass is 32.1. The Kier molecular flexibility index (Phi) is 4.84. The van der Waals surface area contributed by atoms with Gasteiger partial charge < -0.3 is 20.1 Å². The van der Waals surface area contributed by atoms with Crippen LogP contribution in [0.4, 0.5) is 10.5 Å². The van der Waals surface area contributed by atoms with E-state index >= 15 is 0 Å². The van der Waals surface area contributed by atoms with Crippen LogP contribution in [0.15, 0.2) is 35.0 Å². The number of carbonyl (C=O) groups is 1. The van der Waals surface area contributed by atoms with E-state index in [-0.39, 0.29) is 6.03 Å². The highest BCUT2D eigenvalue weighted by molar-refractivity contribution is 7.07. The predicted octanol–water partition coefficient (Wildman–Crippen LogP) is 3.09. The van der Waals surface area contributed by atoms with Crippen LogP contribution in [0.3, 0.4) is 0 Å². The van der Waals surface area contributed by atoms with Gasteiger partial charge in [-0.2, -0.15) is 11.3 Å². The number of thiophene rings is 1. The van der Waals surface area contributed by atoms with Crippen molar-refractivity contribution in [3.8, 4) is 11.5 Å². The number of nitrogens with one attached hydrogen (secondary N) is 2. The van der Waals surface area contributed by atoms with Gasteiger partial charge in [0.15, 0.2) is 11.5 Å². The van der Waals surface area contributed by atoms with Gasteiger partial charge >= 0.3 is 6.03 Å². The van der Waals surface area contributed by atoms with Crippen molar-refractivity contribution in [3.63, 3.8) is 0 Å². The molecule has 0 saturated carbocycles. The van der Waals surface area contributed by atoms with Gasteiger partial charge in [0, 0.05) is 18.3 Å². The van der Waals surface area contributed by atoms with Crippen LogP contribution in [0.25, 0.3) is 0 Å². The maximum absolute atomic E-state index is 11.8. The molecule has 0 radical (unpaired) electrons. The zero-order chi connectivity index (χ0) is 14.4. The summed E-state index contributed by atoms with van der Waals surface area (Å²) in [5.74, 6) is 1.19. The molecule has 20 heavy (non-hydrogen) atoms. The topological polar surface area (TPSA) is 59.6 Å². The number of ether oxygens (including phenoxy) is 2. The van der Waals surface area contributed by atoms with Crippen LogP contribution in [0.5, 0.6) is 11.5 Å². The van der Waals surface area contributed by atoms with Crippen molar-refractivity contribution in [2.24, 2.45) is 0 Å². The van der Waals surface area contributed by atoms with Gasteiger partial charge in [-0.3, -0.25) is 0 Å². The standard InChI is InChI=1S/C14H16N2O3S/c1-18-12-4-3-11(7-13(12)19-2)16-14(17)15-8-10-5-6-20-9-10/h3-7,9H,8H2,1-2H3,(H2,15,16,17). The summed E-state index contributed by atoms with van der Waals surface area (Å²) in [5.41, 5.74) is 1.72. The summed E-state index contributed by atoms with van der Waals surface area (Å²) in [7, 11) is 3.12. The second-order valence-corrected chi connectivity index (χ2v) is 4.79. The van der Waals surface area contributed by atoms with Crippen LogP contribution in [-0.2, 0) is 6.54 Å². The van der Waals surface area contributed by atoms with Crippen LogP contribution < -0.4 is 20.1 Å². The summed E-state index contributed by atoms with van der Waals surface area (Å²) in [4.78, 5) is 11.8. The fraction of sp³-hybridized carbons (Fsp3) is 0.214. The Bertz CT molecular complexity index is 570. The van der Waals surface area contributed by atoms with Crippen LogP contribution >= 0.6 is 11.3 Å². The average molecular weight is 292 g/mol. The van der Waals surface area contributed by atoms with Crippen molar-refractivity contribution < 1.29 is 14.3 Å². The maximum atomic E-state index is 11.8. The van der Waals surface area contributed by atoms with Crippen molar-refractivity contribution in [2.45, 2.75) is 6.54 Å². The zero-order valence-electron chi connectivity index (χ0n) is 11.3. The number of benzene rings is 1. The van der Waals surface area contributed by atoms with Crippen molar-refractivity contribution in [1.29, 1.82) is 0 Å². The van der Waals surface area contributed by atoms with E-state index in [1.807, 2.05) is 16.8 Å². The molecule has 0 aliphatic rings. The molecule has 5 nitrogen and oxygen atoms in total. The van der Waals surface area contributed by atoms with Crippen LogP contribution in [0, 0.1) is 0 Å². The predicted molar refractivity (Wildman–Crippen MR) is 79.7 cm³/mol. The first-order chi connectivity index (χ1) is 9.72. The van der Waals surface area contributed by atoms with Gasteiger partial charge in [-0.05, 0) is 34.5 Å². The molecule has 1 heterocycles. The number of rotatable bonds is 5. The number of methoxy groups -OCH3 is 2. The lowest BCUT2D eigenvalue weighted by Crippen LogP contribution is -2.27. The van der Waals surface area contributed by atoms with Crippen LogP contribution in [0.1, 0.15) is 5.56 Å². The SMILES string of the molecule is COc1ccc(NC(=O)NCc2ccsc2)cc1OC. The number of urea groups is 1. The second-order valence-electron chi connectivity index (χ2n) is 4.01. The van der Waals surface area contributed by atoms with Gasteiger partial charge in [0.1, 0.15) is 0 Å². The van der Waals surface area contributed by atoms with Gasteiger partial charge in [-0.1, -0.05) is 0 Å². The Morgan fingerprint density at radius 2 is 2.00 bits per heavy atom. The minimum absolute atomic E-state index is 0.261. The highest BCUT2D eigenvalue weighted by Crippen LogP contribution is 2.29. The third-order valence-corrected chi connectivity index (χ3v) is 3.41. The van der Waals surface area contributed by atoms with Gasteiger partial charge in [-0.25, -0.2) is 4.79 Å². The average Bonchev–Trinajstić information content (AvgIpc) is 2.98. The third-order valence-electron chi connectivity index (χ3n) is 2.67. The van der Waals surface area contributed by atoms with Crippen molar-refractivity contribution >= 4 is 23.1 Å². The van der Waals surface area contributed by atoms with Gasteiger partial charge in [0.25, 0.3) is 0 Å². The maximum Gasteiger partial charge on any atom is 0.319 e.